The maximum atomic E-state index is 13.5. The number of hydrogen-bond acceptors (Lipinski definition) is 4. The number of likely N-dealkylation sites (tertiary alicyclic amines) is 1. The molecule has 5 rings (SSSR count). The number of aromatic carboxylic acids is 1. The zero-order chi connectivity index (χ0) is 28.2. The van der Waals surface area contributed by atoms with Crippen molar-refractivity contribution in [1.29, 1.82) is 0 Å². The summed E-state index contributed by atoms with van der Waals surface area (Å²) in [5.74, 6) is -0.846. The van der Waals surface area contributed by atoms with Crippen LogP contribution in [0.25, 0.3) is 16.8 Å². The average molecular weight is 540 g/mol. The van der Waals surface area contributed by atoms with Gasteiger partial charge in [0.25, 0.3) is 5.91 Å². The van der Waals surface area contributed by atoms with E-state index in [0.717, 1.165) is 54.6 Å². The van der Waals surface area contributed by atoms with E-state index in [9.17, 15) is 14.7 Å². The number of carbonyl (C=O) groups excluding carboxylic acids is 1. The van der Waals surface area contributed by atoms with Crippen molar-refractivity contribution in [3.63, 3.8) is 0 Å². The van der Waals surface area contributed by atoms with Crippen molar-refractivity contribution in [2.75, 3.05) is 6.54 Å². The van der Waals surface area contributed by atoms with E-state index >= 15 is 0 Å². The lowest BCUT2D eigenvalue weighted by molar-refractivity contribution is 0.0600. The van der Waals surface area contributed by atoms with Crippen molar-refractivity contribution in [3.05, 3.63) is 89.5 Å². The summed E-state index contributed by atoms with van der Waals surface area (Å²) in [6.07, 6.45) is 11.1. The fourth-order valence-electron chi connectivity index (χ4n) is 5.79. The Labute approximate surface area is 235 Å². The van der Waals surface area contributed by atoms with E-state index in [4.69, 9.17) is 0 Å². The Bertz CT molecular complexity index is 1500. The SMILES string of the molecule is CCC[C@@H]1CCCCN1C(=O)c1cccc(-c2cccc(-n3ncc(C(=O)O)c3CC(C)c3cnn(C)c3)c2)c1. The van der Waals surface area contributed by atoms with Crippen LogP contribution in [0.1, 0.15) is 83.8 Å². The zero-order valence-corrected chi connectivity index (χ0v) is 23.5. The first-order chi connectivity index (χ1) is 19.4. The molecule has 3 heterocycles. The van der Waals surface area contributed by atoms with Gasteiger partial charge >= 0.3 is 5.97 Å². The predicted molar refractivity (Wildman–Crippen MR) is 155 cm³/mol. The van der Waals surface area contributed by atoms with Crippen molar-refractivity contribution in [1.82, 2.24) is 24.5 Å². The van der Waals surface area contributed by atoms with Crippen molar-refractivity contribution >= 4 is 11.9 Å². The summed E-state index contributed by atoms with van der Waals surface area (Å²) >= 11 is 0. The van der Waals surface area contributed by atoms with Gasteiger partial charge in [0.1, 0.15) is 5.56 Å². The predicted octanol–water partition coefficient (Wildman–Crippen LogP) is 6.11. The van der Waals surface area contributed by atoms with Gasteiger partial charge in [0, 0.05) is 31.4 Å². The molecular weight excluding hydrogens is 502 g/mol. The summed E-state index contributed by atoms with van der Waals surface area (Å²) in [5, 5.41) is 18.6. The van der Waals surface area contributed by atoms with Gasteiger partial charge < -0.3 is 10.0 Å². The van der Waals surface area contributed by atoms with Crippen molar-refractivity contribution < 1.29 is 14.7 Å². The molecule has 0 saturated carbocycles. The highest BCUT2D eigenvalue weighted by Crippen LogP contribution is 2.29. The third kappa shape index (κ3) is 5.71. The van der Waals surface area contributed by atoms with E-state index in [1.54, 1.807) is 9.36 Å². The number of carbonyl (C=O) groups is 2. The van der Waals surface area contributed by atoms with Crippen LogP contribution in [-0.4, -0.2) is 54.0 Å². The molecule has 0 aliphatic carbocycles. The molecule has 8 nitrogen and oxygen atoms in total. The molecule has 1 amide bonds. The molecule has 8 heteroatoms. The second-order valence-corrected chi connectivity index (χ2v) is 10.8. The van der Waals surface area contributed by atoms with Gasteiger partial charge in [0.2, 0.25) is 0 Å². The van der Waals surface area contributed by atoms with Crippen LogP contribution in [0.2, 0.25) is 0 Å². The Morgan fingerprint density at radius 1 is 1.05 bits per heavy atom. The highest BCUT2D eigenvalue weighted by Gasteiger charge is 2.27. The first kappa shape index (κ1) is 27.4. The standard InChI is InChI=1S/C32H37N5O3/c1-4-9-27-13-5-6-15-36(27)31(38)25-12-7-10-23(17-25)24-11-8-14-28(18-24)37-30(29(20-34-37)32(39)40)16-22(2)26-19-33-35(3)21-26/h7-8,10-12,14,17-22,27H,4-6,9,13,15-16H2,1-3H3,(H,39,40)/t22?,27-/m1/s1. The van der Waals surface area contributed by atoms with Crippen LogP contribution in [0.5, 0.6) is 0 Å². The highest BCUT2D eigenvalue weighted by molar-refractivity contribution is 5.96. The number of amides is 1. The maximum absolute atomic E-state index is 13.5. The first-order valence-electron chi connectivity index (χ1n) is 14.2. The van der Waals surface area contributed by atoms with Gasteiger partial charge in [-0.3, -0.25) is 9.48 Å². The molecule has 1 unspecified atom stereocenters. The minimum atomic E-state index is -0.999. The Morgan fingerprint density at radius 3 is 2.55 bits per heavy atom. The first-order valence-corrected chi connectivity index (χ1v) is 14.2. The Hall–Kier alpha value is -4.20. The Kier molecular flexibility index (Phi) is 8.14. The topological polar surface area (TPSA) is 93.2 Å². The molecule has 1 saturated heterocycles. The molecule has 40 heavy (non-hydrogen) atoms. The van der Waals surface area contributed by atoms with Gasteiger partial charge in [-0.2, -0.15) is 10.2 Å². The number of carboxylic acid groups (broad SMARTS) is 1. The van der Waals surface area contributed by atoms with Gasteiger partial charge in [0.15, 0.2) is 0 Å². The fraction of sp³-hybridized carbons (Fsp3) is 0.375. The number of aromatic nitrogens is 4. The minimum Gasteiger partial charge on any atom is -0.478 e. The van der Waals surface area contributed by atoms with Gasteiger partial charge in [0.05, 0.1) is 23.8 Å². The maximum Gasteiger partial charge on any atom is 0.339 e. The van der Waals surface area contributed by atoms with Crippen LogP contribution in [0.4, 0.5) is 0 Å². The summed E-state index contributed by atoms with van der Waals surface area (Å²) in [7, 11) is 1.87. The molecule has 2 aromatic carbocycles. The van der Waals surface area contributed by atoms with Crippen molar-refractivity contribution in [3.8, 4) is 16.8 Å². The van der Waals surface area contributed by atoms with Crippen LogP contribution >= 0.6 is 0 Å². The van der Waals surface area contributed by atoms with E-state index in [1.807, 2.05) is 68.0 Å². The lowest BCUT2D eigenvalue weighted by Gasteiger charge is -2.36. The number of hydrogen-bond donors (Lipinski definition) is 1. The summed E-state index contributed by atoms with van der Waals surface area (Å²) in [6, 6.07) is 16.0. The number of aryl methyl sites for hydroxylation is 1. The summed E-state index contributed by atoms with van der Waals surface area (Å²) in [5.41, 5.74) is 5.21. The Morgan fingerprint density at radius 2 is 1.82 bits per heavy atom. The van der Waals surface area contributed by atoms with Gasteiger partial charge in [-0.1, -0.05) is 44.5 Å². The minimum absolute atomic E-state index is 0.0550. The van der Waals surface area contributed by atoms with Crippen LogP contribution in [0, 0.1) is 0 Å². The lowest BCUT2D eigenvalue weighted by Crippen LogP contribution is -2.43. The van der Waals surface area contributed by atoms with Gasteiger partial charge in [-0.15, -0.1) is 0 Å². The molecule has 0 radical (unpaired) electrons. The second kappa shape index (κ2) is 11.9. The average Bonchev–Trinajstić information content (AvgIpc) is 3.60. The quantitative estimate of drug-likeness (QED) is 0.277. The fourth-order valence-corrected chi connectivity index (χ4v) is 5.79. The van der Waals surface area contributed by atoms with Gasteiger partial charge in [-0.25, -0.2) is 9.48 Å². The summed E-state index contributed by atoms with van der Waals surface area (Å²) < 4.78 is 3.47. The van der Waals surface area contributed by atoms with Crippen molar-refractivity contribution in [2.24, 2.45) is 7.05 Å². The molecular formula is C32H37N5O3. The highest BCUT2D eigenvalue weighted by atomic mass is 16.4. The number of benzene rings is 2. The monoisotopic (exact) mass is 539 g/mol. The number of piperidine rings is 1. The lowest BCUT2D eigenvalue weighted by atomic mass is 9.96. The van der Waals surface area contributed by atoms with E-state index < -0.39 is 5.97 Å². The third-order valence-corrected chi connectivity index (χ3v) is 7.94. The number of rotatable bonds is 9. The molecule has 2 aromatic heterocycles. The number of carboxylic acids is 1. The second-order valence-electron chi connectivity index (χ2n) is 10.8. The normalized spacial score (nSPS) is 16.2. The van der Waals surface area contributed by atoms with Crippen LogP contribution < -0.4 is 0 Å². The molecule has 208 valence electrons. The van der Waals surface area contributed by atoms with Crippen LogP contribution in [-0.2, 0) is 13.5 Å². The third-order valence-electron chi connectivity index (χ3n) is 7.94. The summed E-state index contributed by atoms with van der Waals surface area (Å²) in [6.45, 7) is 5.05. The van der Waals surface area contributed by atoms with Gasteiger partial charge in [-0.05, 0) is 79.0 Å². The van der Waals surface area contributed by atoms with E-state index in [2.05, 4.69) is 28.9 Å². The number of nitrogens with zero attached hydrogens (tertiary/aromatic N) is 5. The molecule has 1 fully saturated rings. The molecule has 0 spiro atoms. The smallest absolute Gasteiger partial charge is 0.339 e. The van der Waals surface area contributed by atoms with E-state index in [-0.39, 0.29) is 17.4 Å². The molecule has 1 aliphatic rings. The molecule has 1 N–H and O–H groups in total. The summed E-state index contributed by atoms with van der Waals surface area (Å²) in [4.78, 5) is 27.7. The molecule has 1 aliphatic heterocycles. The molecule has 4 aromatic rings. The largest absolute Gasteiger partial charge is 0.478 e. The Balaban J connectivity index is 1.45. The van der Waals surface area contributed by atoms with Crippen LogP contribution in [0.15, 0.2) is 67.1 Å². The molecule has 2 atom stereocenters. The van der Waals surface area contributed by atoms with Crippen LogP contribution in [0.3, 0.4) is 0 Å². The molecule has 0 bridgehead atoms. The van der Waals surface area contributed by atoms with Crippen molar-refractivity contribution in [2.45, 2.75) is 64.3 Å². The zero-order valence-electron chi connectivity index (χ0n) is 23.5. The van der Waals surface area contributed by atoms with E-state index in [0.29, 0.717) is 23.7 Å². The van der Waals surface area contributed by atoms with E-state index in [1.165, 1.54) is 12.6 Å².